The van der Waals surface area contributed by atoms with Crippen LogP contribution in [-0.2, 0) is 11.3 Å². The molecule has 2 aromatic rings. The van der Waals surface area contributed by atoms with Crippen LogP contribution < -0.4 is 14.4 Å². The molecule has 0 aromatic heterocycles. The molecule has 0 saturated carbocycles. The van der Waals surface area contributed by atoms with Crippen molar-refractivity contribution in [3.63, 3.8) is 0 Å². The van der Waals surface area contributed by atoms with E-state index >= 15 is 0 Å². The Morgan fingerprint density at radius 2 is 1.69 bits per heavy atom. The molecule has 0 aliphatic carbocycles. The van der Waals surface area contributed by atoms with E-state index in [9.17, 15) is 4.79 Å². The van der Waals surface area contributed by atoms with Crippen molar-refractivity contribution in [2.45, 2.75) is 46.2 Å². The second kappa shape index (κ2) is 9.31. The second-order valence-electron chi connectivity index (χ2n) is 7.85. The van der Waals surface area contributed by atoms with Gasteiger partial charge in [-0.3, -0.25) is 9.69 Å². The number of amides is 1. The smallest absolute Gasteiger partial charge is 0.224 e. The number of rotatable bonds is 6. The van der Waals surface area contributed by atoms with Gasteiger partial charge < -0.3 is 14.4 Å². The van der Waals surface area contributed by atoms with Gasteiger partial charge in [-0.05, 0) is 55.5 Å². The molecule has 2 aromatic carbocycles. The predicted molar refractivity (Wildman–Crippen MR) is 117 cm³/mol. The van der Waals surface area contributed by atoms with Gasteiger partial charge in [0.2, 0.25) is 5.91 Å². The van der Waals surface area contributed by atoms with Crippen molar-refractivity contribution in [1.82, 2.24) is 4.90 Å². The van der Waals surface area contributed by atoms with E-state index in [4.69, 9.17) is 9.47 Å². The van der Waals surface area contributed by atoms with E-state index in [0.29, 0.717) is 11.5 Å². The van der Waals surface area contributed by atoms with E-state index < -0.39 is 0 Å². The average Bonchev–Trinajstić information content (AvgIpc) is 2.72. The average molecular weight is 397 g/mol. The van der Waals surface area contributed by atoms with Crippen LogP contribution in [0.2, 0.25) is 0 Å². The van der Waals surface area contributed by atoms with E-state index in [-0.39, 0.29) is 11.9 Å². The van der Waals surface area contributed by atoms with Crippen molar-refractivity contribution >= 4 is 11.6 Å². The molecule has 0 atom stereocenters. The van der Waals surface area contributed by atoms with Gasteiger partial charge in [-0.2, -0.15) is 0 Å². The van der Waals surface area contributed by atoms with Gasteiger partial charge in [-0.25, -0.2) is 0 Å². The summed E-state index contributed by atoms with van der Waals surface area (Å²) in [6.07, 6.45) is 1.91. The Bertz CT molecular complexity index is 857. The van der Waals surface area contributed by atoms with Crippen LogP contribution in [0.25, 0.3) is 0 Å². The third kappa shape index (κ3) is 4.91. The number of aryl methyl sites for hydroxylation is 2. The molecule has 0 N–H and O–H groups in total. The first kappa shape index (κ1) is 21.2. The summed E-state index contributed by atoms with van der Waals surface area (Å²) >= 11 is 0. The summed E-state index contributed by atoms with van der Waals surface area (Å²) in [5.74, 6) is 1.37. The Hall–Kier alpha value is -2.53. The topological polar surface area (TPSA) is 42.0 Å². The fourth-order valence-electron chi connectivity index (χ4n) is 4.12. The van der Waals surface area contributed by atoms with Gasteiger partial charge in [0, 0.05) is 44.4 Å². The number of nitrogens with zero attached hydrogens (tertiary/aromatic N) is 2. The van der Waals surface area contributed by atoms with Gasteiger partial charge in [0.15, 0.2) is 11.5 Å². The molecule has 1 heterocycles. The normalized spacial score (nSPS) is 15.2. The minimum atomic E-state index is 0.0600. The van der Waals surface area contributed by atoms with Gasteiger partial charge >= 0.3 is 0 Å². The summed E-state index contributed by atoms with van der Waals surface area (Å²) in [5, 5.41) is 0. The first-order valence-corrected chi connectivity index (χ1v) is 10.2. The lowest BCUT2D eigenvalue weighted by Crippen LogP contribution is -2.46. The third-order valence-corrected chi connectivity index (χ3v) is 5.88. The molecule has 1 amide bonds. The standard InChI is InChI=1S/C24H32N2O3/c1-17-6-7-20(14-18(17)2)16-25-12-10-21(11-13-25)26(19(3)27)22-8-9-23(28-4)24(15-22)29-5/h6-9,14-15,21H,10-13,16H2,1-5H3. The maximum atomic E-state index is 12.5. The summed E-state index contributed by atoms with van der Waals surface area (Å²) in [6.45, 7) is 8.87. The fraction of sp³-hybridized carbons (Fsp3) is 0.458. The Balaban J connectivity index is 1.68. The maximum Gasteiger partial charge on any atom is 0.224 e. The number of benzene rings is 2. The minimum Gasteiger partial charge on any atom is -0.493 e. The molecule has 1 saturated heterocycles. The molecule has 0 radical (unpaired) electrons. The number of piperidine rings is 1. The number of hydrogen-bond donors (Lipinski definition) is 0. The first-order valence-electron chi connectivity index (χ1n) is 10.2. The van der Waals surface area contributed by atoms with Crippen LogP contribution in [0.4, 0.5) is 5.69 Å². The van der Waals surface area contributed by atoms with E-state index in [1.54, 1.807) is 21.1 Å². The number of carbonyl (C=O) groups excluding carboxylic acids is 1. The van der Waals surface area contributed by atoms with E-state index in [2.05, 4.69) is 36.9 Å². The van der Waals surface area contributed by atoms with Crippen molar-refractivity contribution in [3.05, 3.63) is 53.1 Å². The van der Waals surface area contributed by atoms with Crippen LogP contribution in [0.15, 0.2) is 36.4 Å². The van der Waals surface area contributed by atoms with E-state index in [0.717, 1.165) is 38.2 Å². The zero-order valence-corrected chi connectivity index (χ0v) is 18.2. The van der Waals surface area contributed by atoms with Crippen LogP contribution in [0.3, 0.4) is 0 Å². The highest BCUT2D eigenvalue weighted by molar-refractivity contribution is 5.92. The van der Waals surface area contributed by atoms with Gasteiger partial charge in [0.05, 0.1) is 14.2 Å². The van der Waals surface area contributed by atoms with Gasteiger partial charge in [-0.1, -0.05) is 18.2 Å². The predicted octanol–water partition coefficient (Wildman–Crippen LogP) is 4.34. The number of anilines is 1. The molecule has 5 nitrogen and oxygen atoms in total. The van der Waals surface area contributed by atoms with Crippen LogP contribution in [0.1, 0.15) is 36.5 Å². The SMILES string of the molecule is COc1ccc(N(C(C)=O)C2CCN(Cc3ccc(C)c(C)c3)CC2)cc1OC. The maximum absolute atomic E-state index is 12.5. The van der Waals surface area contributed by atoms with Crippen LogP contribution in [0.5, 0.6) is 11.5 Å². The van der Waals surface area contributed by atoms with Crippen molar-refractivity contribution in [2.24, 2.45) is 0 Å². The Morgan fingerprint density at radius 1 is 1.00 bits per heavy atom. The summed E-state index contributed by atoms with van der Waals surface area (Å²) in [5.41, 5.74) is 4.89. The molecule has 5 heteroatoms. The highest BCUT2D eigenvalue weighted by Gasteiger charge is 2.28. The zero-order chi connectivity index (χ0) is 21.0. The van der Waals surface area contributed by atoms with Gasteiger partial charge in [0.25, 0.3) is 0 Å². The highest BCUT2D eigenvalue weighted by Crippen LogP contribution is 2.34. The van der Waals surface area contributed by atoms with Gasteiger partial charge in [-0.15, -0.1) is 0 Å². The first-order chi connectivity index (χ1) is 13.9. The lowest BCUT2D eigenvalue weighted by molar-refractivity contribution is -0.117. The van der Waals surface area contributed by atoms with Crippen molar-refractivity contribution in [1.29, 1.82) is 0 Å². The Kier molecular flexibility index (Phi) is 6.80. The minimum absolute atomic E-state index is 0.0600. The molecule has 29 heavy (non-hydrogen) atoms. The fourth-order valence-corrected chi connectivity index (χ4v) is 4.12. The lowest BCUT2D eigenvalue weighted by Gasteiger charge is -2.38. The summed E-state index contributed by atoms with van der Waals surface area (Å²) in [4.78, 5) is 16.9. The number of carbonyl (C=O) groups is 1. The number of methoxy groups -OCH3 is 2. The van der Waals surface area contributed by atoms with Crippen molar-refractivity contribution < 1.29 is 14.3 Å². The second-order valence-corrected chi connectivity index (χ2v) is 7.85. The lowest BCUT2D eigenvalue weighted by atomic mass is 10.0. The molecule has 1 fully saturated rings. The van der Waals surface area contributed by atoms with Gasteiger partial charge in [0.1, 0.15) is 0 Å². The molecular formula is C24H32N2O3. The largest absolute Gasteiger partial charge is 0.493 e. The van der Waals surface area contributed by atoms with Crippen molar-refractivity contribution in [2.75, 3.05) is 32.2 Å². The number of ether oxygens (including phenoxy) is 2. The Morgan fingerprint density at radius 3 is 2.28 bits per heavy atom. The molecule has 1 aliphatic heterocycles. The summed E-state index contributed by atoms with van der Waals surface area (Å²) in [6, 6.07) is 12.6. The van der Waals surface area contributed by atoms with Crippen LogP contribution in [-0.4, -0.2) is 44.2 Å². The Labute approximate surface area is 174 Å². The van der Waals surface area contributed by atoms with Crippen LogP contribution >= 0.6 is 0 Å². The number of likely N-dealkylation sites (tertiary alicyclic amines) is 1. The summed E-state index contributed by atoms with van der Waals surface area (Å²) in [7, 11) is 3.23. The molecule has 3 rings (SSSR count). The molecule has 0 bridgehead atoms. The van der Waals surface area contributed by atoms with Crippen molar-refractivity contribution in [3.8, 4) is 11.5 Å². The molecule has 0 unspecified atom stereocenters. The number of hydrogen-bond acceptors (Lipinski definition) is 4. The summed E-state index contributed by atoms with van der Waals surface area (Å²) < 4.78 is 10.8. The molecule has 156 valence electrons. The third-order valence-electron chi connectivity index (χ3n) is 5.88. The van der Waals surface area contributed by atoms with E-state index in [1.807, 2.05) is 23.1 Å². The molecular weight excluding hydrogens is 364 g/mol. The molecule has 0 spiro atoms. The zero-order valence-electron chi connectivity index (χ0n) is 18.2. The monoisotopic (exact) mass is 396 g/mol. The molecule has 1 aliphatic rings. The highest BCUT2D eigenvalue weighted by atomic mass is 16.5. The van der Waals surface area contributed by atoms with E-state index in [1.165, 1.54) is 16.7 Å². The quantitative estimate of drug-likeness (QED) is 0.729. The van der Waals surface area contributed by atoms with Crippen LogP contribution in [0, 0.1) is 13.8 Å².